The van der Waals surface area contributed by atoms with Crippen molar-refractivity contribution < 1.29 is 9.34 Å². The van der Waals surface area contributed by atoms with Crippen molar-refractivity contribution in [3.63, 3.8) is 0 Å². The Morgan fingerprint density at radius 1 is 1.75 bits per heavy atom. The van der Waals surface area contributed by atoms with Crippen LogP contribution in [0.15, 0.2) is 22.8 Å². The standard InChI is InChI=1S/C4H3NO3/c6-5(7)4-2-1-3-8-4/h1-3H. The topological polar surface area (TPSA) is 56.3 Å². The lowest BCUT2D eigenvalue weighted by molar-refractivity contribution is -0.402. The van der Waals surface area contributed by atoms with Gasteiger partial charge in [0, 0.05) is 0 Å². The van der Waals surface area contributed by atoms with Crippen molar-refractivity contribution in [2.75, 3.05) is 0 Å². The summed E-state index contributed by atoms with van der Waals surface area (Å²) >= 11 is 0. The maximum atomic E-state index is 9.77. The molecule has 4 heteroatoms. The van der Waals surface area contributed by atoms with Crippen LogP contribution in [-0.4, -0.2) is 4.92 Å². The Morgan fingerprint density at radius 3 is 2.75 bits per heavy atom. The number of hydrogen-bond acceptors (Lipinski definition) is 3. The van der Waals surface area contributed by atoms with E-state index in [0.717, 1.165) is 0 Å². The summed E-state index contributed by atoms with van der Waals surface area (Å²) < 4.78 is 4.40. The van der Waals surface area contributed by atoms with Crippen LogP contribution in [0.25, 0.3) is 0 Å². The maximum absolute atomic E-state index is 9.77. The second-order valence-electron chi connectivity index (χ2n) is 1.21. The molecule has 0 radical (unpaired) electrons. The molecule has 1 heterocycles. The summed E-state index contributed by atoms with van der Waals surface area (Å²) in [6, 6.07) is 2.76. The van der Waals surface area contributed by atoms with E-state index >= 15 is 0 Å². The number of hydrogen-bond donors (Lipinski definition) is 0. The minimum Gasteiger partial charge on any atom is -0.409 e. The summed E-state index contributed by atoms with van der Waals surface area (Å²) in [4.78, 5) is 9.19. The van der Waals surface area contributed by atoms with Gasteiger partial charge in [0.25, 0.3) is 0 Å². The maximum Gasteiger partial charge on any atom is 0.432 e. The molecule has 0 aliphatic carbocycles. The van der Waals surface area contributed by atoms with Gasteiger partial charge < -0.3 is 4.42 Å². The summed E-state index contributed by atoms with van der Waals surface area (Å²) in [6.45, 7) is 0. The van der Waals surface area contributed by atoms with Crippen molar-refractivity contribution in [1.29, 1.82) is 0 Å². The monoisotopic (exact) mass is 113 g/mol. The highest BCUT2D eigenvalue weighted by Gasteiger charge is 2.04. The Balaban J connectivity index is 2.93. The summed E-state index contributed by atoms with van der Waals surface area (Å²) in [5.74, 6) is -0.218. The minimum atomic E-state index is -0.583. The van der Waals surface area contributed by atoms with Crippen molar-refractivity contribution in [3.05, 3.63) is 28.5 Å². The van der Waals surface area contributed by atoms with Gasteiger partial charge in [-0.05, 0) is 6.07 Å². The molecule has 0 bridgehead atoms. The molecule has 0 fully saturated rings. The van der Waals surface area contributed by atoms with E-state index < -0.39 is 4.92 Å². The zero-order valence-corrected chi connectivity index (χ0v) is 3.90. The molecule has 0 aliphatic heterocycles. The van der Waals surface area contributed by atoms with Crippen LogP contribution in [-0.2, 0) is 0 Å². The van der Waals surface area contributed by atoms with Crippen LogP contribution in [0.1, 0.15) is 0 Å². The van der Waals surface area contributed by atoms with Crippen LogP contribution >= 0.6 is 0 Å². The molecule has 0 spiro atoms. The van der Waals surface area contributed by atoms with Gasteiger partial charge in [0.2, 0.25) is 0 Å². The quantitative estimate of drug-likeness (QED) is 0.406. The van der Waals surface area contributed by atoms with E-state index in [1.165, 1.54) is 18.4 Å². The fraction of sp³-hybridized carbons (Fsp3) is 0. The molecule has 0 saturated heterocycles. The zero-order valence-electron chi connectivity index (χ0n) is 3.90. The van der Waals surface area contributed by atoms with Crippen LogP contribution in [0, 0.1) is 10.1 Å². The molecule has 0 amide bonds. The fourth-order valence-electron chi connectivity index (χ4n) is 0.374. The molecule has 1 aromatic rings. The highest BCUT2D eigenvalue weighted by Crippen LogP contribution is 2.08. The highest BCUT2D eigenvalue weighted by molar-refractivity contribution is 5.11. The van der Waals surface area contributed by atoms with Gasteiger partial charge in [0.15, 0.2) is 0 Å². The number of furan rings is 1. The first-order valence-electron chi connectivity index (χ1n) is 1.98. The van der Waals surface area contributed by atoms with Crippen LogP contribution in [0.3, 0.4) is 0 Å². The molecule has 0 saturated carbocycles. The molecule has 0 atom stereocenters. The van der Waals surface area contributed by atoms with E-state index in [1.807, 2.05) is 0 Å². The van der Waals surface area contributed by atoms with Crippen molar-refractivity contribution >= 4 is 5.88 Å². The number of nitro groups is 1. The summed E-state index contributed by atoms with van der Waals surface area (Å²) in [5.41, 5.74) is 0. The zero-order chi connectivity index (χ0) is 5.98. The van der Waals surface area contributed by atoms with E-state index in [2.05, 4.69) is 4.42 Å². The van der Waals surface area contributed by atoms with E-state index in [0.29, 0.717) is 0 Å². The molecular formula is C4H3NO3. The summed E-state index contributed by atoms with van der Waals surface area (Å²) in [6.07, 6.45) is 1.26. The van der Waals surface area contributed by atoms with E-state index in [9.17, 15) is 10.1 Å². The molecule has 4 nitrogen and oxygen atoms in total. The Labute approximate surface area is 44.9 Å². The highest BCUT2D eigenvalue weighted by atomic mass is 16.6. The van der Waals surface area contributed by atoms with Gasteiger partial charge in [-0.2, -0.15) is 0 Å². The van der Waals surface area contributed by atoms with Crippen molar-refractivity contribution in [3.8, 4) is 0 Å². The summed E-state index contributed by atoms with van der Waals surface area (Å²) in [7, 11) is 0. The third-order valence-electron chi connectivity index (χ3n) is 0.686. The third kappa shape index (κ3) is 0.676. The van der Waals surface area contributed by atoms with E-state index in [-0.39, 0.29) is 5.88 Å². The summed E-state index contributed by atoms with van der Waals surface area (Å²) in [5, 5.41) is 9.77. The van der Waals surface area contributed by atoms with Crippen molar-refractivity contribution in [1.82, 2.24) is 0 Å². The molecule has 0 unspecified atom stereocenters. The minimum absolute atomic E-state index is 0.218. The molecule has 0 aromatic carbocycles. The van der Waals surface area contributed by atoms with Crippen LogP contribution in [0.2, 0.25) is 0 Å². The smallest absolute Gasteiger partial charge is 0.409 e. The lowest BCUT2D eigenvalue weighted by atomic mass is 10.6. The Morgan fingerprint density at radius 2 is 2.50 bits per heavy atom. The fourth-order valence-corrected chi connectivity index (χ4v) is 0.374. The lowest BCUT2D eigenvalue weighted by Gasteiger charge is -1.76. The number of rotatable bonds is 1. The Bertz CT molecular complexity index is 179. The first kappa shape index (κ1) is 4.83. The molecular weight excluding hydrogens is 110 g/mol. The average molecular weight is 113 g/mol. The second-order valence-corrected chi connectivity index (χ2v) is 1.21. The average Bonchev–Trinajstić information content (AvgIpc) is 2.12. The first-order chi connectivity index (χ1) is 3.80. The van der Waals surface area contributed by atoms with Gasteiger partial charge >= 0.3 is 5.88 Å². The molecule has 0 N–H and O–H groups in total. The molecule has 8 heavy (non-hydrogen) atoms. The Hall–Kier alpha value is -1.32. The molecule has 1 rings (SSSR count). The molecule has 42 valence electrons. The largest absolute Gasteiger partial charge is 0.432 e. The molecule has 1 aromatic heterocycles. The Kier molecular flexibility index (Phi) is 0.997. The first-order valence-corrected chi connectivity index (χ1v) is 1.98. The van der Waals surface area contributed by atoms with E-state index in [4.69, 9.17) is 0 Å². The normalized spacial score (nSPS) is 9.00. The predicted molar refractivity (Wildman–Crippen MR) is 25.4 cm³/mol. The van der Waals surface area contributed by atoms with E-state index in [1.54, 1.807) is 0 Å². The van der Waals surface area contributed by atoms with Gasteiger partial charge in [-0.3, -0.25) is 10.1 Å². The van der Waals surface area contributed by atoms with Gasteiger partial charge in [0.05, 0.1) is 12.3 Å². The lowest BCUT2D eigenvalue weighted by Crippen LogP contribution is -1.81. The van der Waals surface area contributed by atoms with Gasteiger partial charge in [-0.15, -0.1) is 0 Å². The van der Waals surface area contributed by atoms with Crippen LogP contribution in [0.5, 0.6) is 0 Å². The van der Waals surface area contributed by atoms with Gasteiger partial charge in [-0.25, -0.2) is 0 Å². The van der Waals surface area contributed by atoms with Crippen molar-refractivity contribution in [2.24, 2.45) is 0 Å². The predicted octanol–water partition coefficient (Wildman–Crippen LogP) is 1.19. The van der Waals surface area contributed by atoms with Crippen LogP contribution < -0.4 is 0 Å². The number of nitrogens with zero attached hydrogens (tertiary/aromatic N) is 1. The third-order valence-corrected chi connectivity index (χ3v) is 0.686. The molecule has 0 aliphatic rings. The van der Waals surface area contributed by atoms with Crippen LogP contribution in [0.4, 0.5) is 5.88 Å². The second kappa shape index (κ2) is 1.65. The van der Waals surface area contributed by atoms with Gasteiger partial charge in [0.1, 0.15) is 4.92 Å². The van der Waals surface area contributed by atoms with Gasteiger partial charge in [-0.1, -0.05) is 0 Å². The SMILES string of the molecule is O=[N+]([O-])c1ccco1. The van der Waals surface area contributed by atoms with Crippen molar-refractivity contribution in [2.45, 2.75) is 0 Å².